The third-order valence-corrected chi connectivity index (χ3v) is 5.04. The van der Waals surface area contributed by atoms with Crippen LogP contribution in [0.4, 0.5) is 0 Å². The maximum atomic E-state index is 11.6. The van der Waals surface area contributed by atoms with Crippen LogP contribution >= 0.6 is 0 Å². The molecule has 0 spiro atoms. The Labute approximate surface area is 148 Å². The summed E-state index contributed by atoms with van der Waals surface area (Å²) in [4.78, 5) is 23.2. The summed E-state index contributed by atoms with van der Waals surface area (Å²) in [7, 11) is 0. The average Bonchev–Trinajstić information content (AvgIpc) is 2.44. The number of benzene rings is 2. The van der Waals surface area contributed by atoms with Crippen molar-refractivity contribution in [1.82, 2.24) is 0 Å². The molecule has 0 aliphatic rings. The molecule has 0 heterocycles. The Bertz CT molecular complexity index is 818. The second-order valence-electron chi connectivity index (χ2n) is 6.76. The zero-order valence-corrected chi connectivity index (χ0v) is 15.6. The van der Waals surface area contributed by atoms with E-state index in [2.05, 4.69) is 0 Å². The van der Waals surface area contributed by atoms with E-state index in [1.54, 1.807) is 13.8 Å². The second-order valence-corrected chi connectivity index (χ2v) is 6.76. The van der Waals surface area contributed by atoms with Crippen LogP contribution in [0.25, 0.3) is 0 Å². The summed E-state index contributed by atoms with van der Waals surface area (Å²) >= 11 is 0. The molecule has 4 heteroatoms. The largest absolute Gasteiger partial charge is 0.478 e. The Kier molecular flexibility index (Phi) is 5.02. The molecule has 0 aliphatic carbocycles. The standard InChI is InChI=1S/C21H24O4/c1-10-7-12(3)18(20(22)23)14(5)16(10)9-17-11(2)8-13(4)19(15(17)6)21(24)25/h7-8H,9H2,1-6H3,(H,22,23)(H,24,25). The molecular formula is C21H24O4. The van der Waals surface area contributed by atoms with E-state index < -0.39 is 11.9 Å². The molecule has 0 aliphatic heterocycles. The molecule has 0 radical (unpaired) electrons. The summed E-state index contributed by atoms with van der Waals surface area (Å²) in [5, 5.41) is 19.0. The summed E-state index contributed by atoms with van der Waals surface area (Å²) in [5.41, 5.74) is 7.62. The maximum absolute atomic E-state index is 11.6. The molecule has 0 saturated heterocycles. The summed E-state index contributed by atoms with van der Waals surface area (Å²) in [6.45, 7) is 11.2. The third-order valence-electron chi connectivity index (χ3n) is 5.04. The van der Waals surface area contributed by atoms with E-state index in [-0.39, 0.29) is 0 Å². The normalized spacial score (nSPS) is 10.8. The quantitative estimate of drug-likeness (QED) is 0.858. The fraction of sp³-hybridized carbons (Fsp3) is 0.333. The van der Waals surface area contributed by atoms with Gasteiger partial charge < -0.3 is 10.2 Å². The van der Waals surface area contributed by atoms with Gasteiger partial charge in [0.1, 0.15) is 0 Å². The van der Waals surface area contributed by atoms with E-state index in [0.717, 1.165) is 44.5 Å². The molecule has 132 valence electrons. The van der Waals surface area contributed by atoms with Crippen molar-refractivity contribution < 1.29 is 19.8 Å². The summed E-state index contributed by atoms with van der Waals surface area (Å²) in [6.07, 6.45) is 0.524. The highest BCUT2D eigenvalue weighted by Crippen LogP contribution is 2.29. The predicted molar refractivity (Wildman–Crippen MR) is 98.0 cm³/mol. The molecule has 0 aromatic heterocycles. The first-order chi connectivity index (χ1) is 11.6. The fourth-order valence-electron chi connectivity index (χ4n) is 3.83. The van der Waals surface area contributed by atoms with Gasteiger partial charge in [-0.3, -0.25) is 0 Å². The minimum absolute atomic E-state index is 0.335. The first-order valence-corrected chi connectivity index (χ1v) is 8.22. The number of hydrogen-bond donors (Lipinski definition) is 2. The van der Waals surface area contributed by atoms with Gasteiger partial charge in [0.05, 0.1) is 11.1 Å². The molecule has 2 aromatic carbocycles. The van der Waals surface area contributed by atoms with Gasteiger partial charge in [0.15, 0.2) is 0 Å². The Hall–Kier alpha value is -2.62. The Balaban J connectivity index is 2.70. The van der Waals surface area contributed by atoms with E-state index in [1.807, 2.05) is 39.8 Å². The first-order valence-electron chi connectivity index (χ1n) is 8.22. The Morgan fingerprint density at radius 1 is 0.680 bits per heavy atom. The highest BCUT2D eigenvalue weighted by molar-refractivity contribution is 5.92. The molecule has 2 rings (SSSR count). The van der Waals surface area contributed by atoms with Crippen LogP contribution in [0.1, 0.15) is 65.2 Å². The van der Waals surface area contributed by atoms with Gasteiger partial charge >= 0.3 is 11.9 Å². The van der Waals surface area contributed by atoms with Crippen LogP contribution in [-0.2, 0) is 6.42 Å². The summed E-state index contributed by atoms with van der Waals surface area (Å²) < 4.78 is 0. The van der Waals surface area contributed by atoms with Gasteiger partial charge in [0, 0.05) is 0 Å². The molecule has 0 atom stereocenters. The number of aryl methyl sites for hydroxylation is 4. The van der Waals surface area contributed by atoms with Gasteiger partial charge in [0.2, 0.25) is 0 Å². The van der Waals surface area contributed by atoms with Crippen LogP contribution in [-0.4, -0.2) is 22.2 Å². The Morgan fingerprint density at radius 2 is 1.00 bits per heavy atom. The number of carboxylic acids is 2. The zero-order chi connectivity index (χ0) is 19.0. The lowest BCUT2D eigenvalue weighted by Crippen LogP contribution is -2.11. The topological polar surface area (TPSA) is 74.6 Å². The lowest BCUT2D eigenvalue weighted by atomic mass is 9.85. The molecule has 0 amide bonds. The first kappa shape index (κ1) is 18.7. The SMILES string of the molecule is Cc1cc(C)c(C(=O)O)c(C)c1Cc1c(C)cc(C)c(C(=O)O)c1C. The van der Waals surface area contributed by atoms with Gasteiger partial charge in [-0.2, -0.15) is 0 Å². The number of rotatable bonds is 4. The van der Waals surface area contributed by atoms with Gasteiger partial charge in [-0.25, -0.2) is 9.59 Å². The lowest BCUT2D eigenvalue weighted by Gasteiger charge is -2.19. The molecule has 2 aromatic rings. The number of carbonyl (C=O) groups is 2. The summed E-state index contributed by atoms with van der Waals surface area (Å²) in [5.74, 6) is -1.86. The highest BCUT2D eigenvalue weighted by atomic mass is 16.4. The minimum Gasteiger partial charge on any atom is -0.478 e. The number of carboxylic acid groups (broad SMARTS) is 2. The van der Waals surface area contributed by atoms with Gasteiger partial charge in [-0.15, -0.1) is 0 Å². The molecule has 0 unspecified atom stereocenters. The second kappa shape index (κ2) is 6.71. The lowest BCUT2D eigenvalue weighted by molar-refractivity contribution is 0.0684. The van der Waals surface area contributed by atoms with Crippen molar-refractivity contribution in [3.05, 3.63) is 67.8 Å². The maximum Gasteiger partial charge on any atom is 0.336 e. The van der Waals surface area contributed by atoms with Crippen LogP contribution in [0.5, 0.6) is 0 Å². The van der Waals surface area contributed by atoms with E-state index in [1.165, 1.54) is 0 Å². The van der Waals surface area contributed by atoms with Crippen molar-refractivity contribution in [3.8, 4) is 0 Å². The molecular weight excluding hydrogens is 316 g/mol. The van der Waals surface area contributed by atoms with E-state index >= 15 is 0 Å². The number of aromatic carboxylic acids is 2. The van der Waals surface area contributed by atoms with Crippen molar-refractivity contribution in [3.63, 3.8) is 0 Å². The van der Waals surface area contributed by atoms with Crippen molar-refractivity contribution in [2.75, 3.05) is 0 Å². The van der Waals surface area contributed by atoms with Crippen LogP contribution < -0.4 is 0 Å². The van der Waals surface area contributed by atoms with Crippen molar-refractivity contribution in [2.45, 2.75) is 48.0 Å². The van der Waals surface area contributed by atoms with E-state index in [9.17, 15) is 19.8 Å². The molecule has 0 fully saturated rings. The van der Waals surface area contributed by atoms with E-state index in [4.69, 9.17) is 0 Å². The van der Waals surface area contributed by atoms with Gasteiger partial charge in [-0.1, -0.05) is 12.1 Å². The fourth-order valence-corrected chi connectivity index (χ4v) is 3.83. The molecule has 0 saturated carbocycles. The van der Waals surface area contributed by atoms with Crippen LogP contribution in [0.2, 0.25) is 0 Å². The summed E-state index contributed by atoms with van der Waals surface area (Å²) in [6, 6.07) is 3.78. The third kappa shape index (κ3) is 3.29. The van der Waals surface area contributed by atoms with Crippen LogP contribution in [0, 0.1) is 41.5 Å². The predicted octanol–water partition coefficient (Wildman–Crippen LogP) is 4.52. The van der Waals surface area contributed by atoms with Crippen molar-refractivity contribution in [2.24, 2.45) is 0 Å². The van der Waals surface area contributed by atoms with Crippen LogP contribution in [0.15, 0.2) is 12.1 Å². The van der Waals surface area contributed by atoms with Gasteiger partial charge in [0.25, 0.3) is 0 Å². The molecule has 4 nitrogen and oxygen atoms in total. The smallest absolute Gasteiger partial charge is 0.336 e. The average molecular weight is 340 g/mol. The molecule has 25 heavy (non-hydrogen) atoms. The number of hydrogen-bond acceptors (Lipinski definition) is 2. The minimum atomic E-state index is -0.931. The molecule has 0 bridgehead atoms. The Morgan fingerprint density at radius 3 is 1.28 bits per heavy atom. The molecule has 2 N–H and O–H groups in total. The highest BCUT2D eigenvalue weighted by Gasteiger charge is 2.20. The van der Waals surface area contributed by atoms with Gasteiger partial charge in [-0.05, 0) is 92.5 Å². The van der Waals surface area contributed by atoms with Crippen molar-refractivity contribution >= 4 is 11.9 Å². The van der Waals surface area contributed by atoms with Crippen molar-refractivity contribution in [1.29, 1.82) is 0 Å². The zero-order valence-electron chi connectivity index (χ0n) is 15.6. The van der Waals surface area contributed by atoms with E-state index in [0.29, 0.717) is 17.5 Å². The monoisotopic (exact) mass is 340 g/mol. The van der Waals surface area contributed by atoms with Crippen LogP contribution in [0.3, 0.4) is 0 Å².